The molecule has 3 aromatic rings. The van der Waals surface area contributed by atoms with Crippen molar-refractivity contribution >= 4 is 34.7 Å². The molecule has 0 aliphatic carbocycles. The van der Waals surface area contributed by atoms with Crippen molar-refractivity contribution < 1.29 is 13.9 Å². The van der Waals surface area contributed by atoms with Crippen molar-refractivity contribution in [3.8, 4) is 11.4 Å². The van der Waals surface area contributed by atoms with Crippen LogP contribution in [0.3, 0.4) is 0 Å². The van der Waals surface area contributed by atoms with E-state index in [0.717, 1.165) is 24.4 Å². The van der Waals surface area contributed by atoms with Crippen LogP contribution in [-0.2, 0) is 9.53 Å². The van der Waals surface area contributed by atoms with Crippen LogP contribution in [0.25, 0.3) is 22.4 Å². The summed E-state index contributed by atoms with van der Waals surface area (Å²) >= 11 is 6.05. The summed E-state index contributed by atoms with van der Waals surface area (Å²) in [4.78, 5) is 28.6. The van der Waals surface area contributed by atoms with Crippen molar-refractivity contribution in [3.05, 3.63) is 35.5 Å². The van der Waals surface area contributed by atoms with Gasteiger partial charge in [0.05, 0.1) is 30.5 Å². The van der Waals surface area contributed by atoms with Gasteiger partial charge in [0.15, 0.2) is 17.5 Å². The van der Waals surface area contributed by atoms with E-state index in [9.17, 15) is 9.18 Å². The first kappa shape index (κ1) is 19.7. The van der Waals surface area contributed by atoms with E-state index in [4.69, 9.17) is 16.3 Å². The topological polar surface area (TPSA) is 96.0 Å². The van der Waals surface area contributed by atoms with E-state index >= 15 is 0 Å². The smallest absolute Gasteiger partial charge is 0.183 e. The summed E-state index contributed by atoms with van der Waals surface area (Å²) in [6, 6.07) is 1.79. The molecular weight excluding hydrogens is 399 g/mol. The van der Waals surface area contributed by atoms with Gasteiger partial charge in [0.2, 0.25) is 0 Å². The Morgan fingerprint density at radius 1 is 1.41 bits per heavy atom. The van der Waals surface area contributed by atoms with Crippen molar-refractivity contribution in [2.24, 2.45) is 0 Å². The van der Waals surface area contributed by atoms with Crippen molar-refractivity contribution in [1.82, 2.24) is 24.8 Å². The monoisotopic (exact) mass is 418 g/mol. The fraction of sp³-hybridized carbons (Fsp3) is 0.368. The third-order valence-corrected chi connectivity index (χ3v) is 5.08. The van der Waals surface area contributed by atoms with Crippen LogP contribution >= 0.6 is 11.6 Å². The molecule has 0 amide bonds. The number of fused-ring (bicyclic) bond motifs is 1. The molecule has 10 heteroatoms. The molecule has 1 aliphatic heterocycles. The molecular formula is C19H20ClFN6O2. The highest BCUT2D eigenvalue weighted by Gasteiger charge is 2.23. The van der Waals surface area contributed by atoms with Gasteiger partial charge in [-0.2, -0.15) is 0 Å². The predicted molar refractivity (Wildman–Crippen MR) is 107 cm³/mol. The van der Waals surface area contributed by atoms with Crippen LogP contribution in [0.2, 0.25) is 5.02 Å². The van der Waals surface area contributed by atoms with Gasteiger partial charge in [-0.05, 0) is 6.07 Å². The van der Waals surface area contributed by atoms with Crippen LogP contribution in [0.15, 0.2) is 24.7 Å². The Morgan fingerprint density at radius 2 is 2.31 bits per heavy atom. The maximum absolute atomic E-state index is 14.3. The number of carbonyl (C=O) groups excluding carboxylic acids is 1. The van der Waals surface area contributed by atoms with E-state index in [1.54, 1.807) is 18.5 Å². The molecule has 152 valence electrons. The van der Waals surface area contributed by atoms with Crippen LogP contribution < -0.4 is 5.32 Å². The molecule has 0 spiro atoms. The number of carbonyl (C=O) groups is 1. The highest BCUT2D eigenvalue weighted by atomic mass is 35.5. The molecule has 1 fully saturated rings. The first-order valence-corrected chi connectivity index (χ1v) is 9.68. The zero-order valence-electron chi connectivity index (χ0n) is 15.6. The van der Waals surface area contributed by atoms with Gasteiger partial charge < -0.3 is 19.8 Å². The number of pyridine rings is 1. The number of aromatic nitrogens is 4. The quantitative estimate of drug-likeness (QED) is 0.569. The third-order valence-electron chi connectivity index (χ3n) is 4.87. The van der Waals surface area contributed by atoms with Gasteiger partial charge in [-0.1, -0.05) is 11.6 Å². The molecule has 1 saturated heterocycles. The fourth-order valence-electron chi connectivity index (χ4n) is 3.39. The maximum Gasteiger partial charge on any atom is 0.183 e. The minimum atomic E-state index is -0.541. The van der Waals surface area contributed by atoms with Crippen LogP contribution in [0, 0.1) is 5.82 Å². The maximum atomic E-state index is 14.3. The van der Waals surface area contributed by atoms with Gasteiger partial charge in [-0.15, -0.1) is 0 Å². The predicted octanol–water partition coefficient (Wildman–Crippen LogP) is 2.51. The molecule has 1 aliphatic rings. The Morgan fingerprint density at radius 3 is 3.17 bits per heavy atom. The van der Waals surface area contributed by atoms with Crippen molar-refractivity contribution in [2.75, 3.05) is 38.2 Å². The standard InChI is InChI=1S/C19H20ClFN6O2/c20-12-6-14-15(9-24-17(14)22-7-12)18-25-10-16(21)19(26-18)23-8-13-11-29-5-3-27(13)2-1-4-28/h4,6-7,9-10,13H,1-3,5,8,11H2,(H,22,24)(H,23,25,26). The lowest BCUT2D eigenvalue weighted by atomic mass is 10.2. The third kappa shape index (κ3) is 4.36. The van der Waals surface area contributed by atoms with Gasteiger partial charge in [0.1, 0.15) is 11.9 Å². The highest BCUT2D eigenvalue weighted by Crippen LogP contribution is 2.28. The summed E-state index contributed by atoms with van der Waals surface area (Å²) in [6.45, 7) is 2.96. The number of H-pyrrole nitrogens is 1. The van der Waals surface area contributed by atoms with Crippen LogP contribution in [0.4, 0.5) is 10.2 Å². The fourth-order valence-corrected chi connectivity index (χ4v) is 3.55. The Kier molecular flexibility index (Phi) is 5.98. The Balaban J connectivity index is 1.54. The lowest BCUT2D eigenvalue weighted by Gasteiger charge is -2.35. The van der Waals surface area contributed by atoms with E-state index in [1.165, 1.54) is 0 Å². The van der Waals surface area contributed by atoms with Crippen LogP contribution in [-0.4, -0.2) is 70.0 Å². The second-order valence-electron chi connectivity index (χ2n) is 6.74. The molecule has 8 nitrogen and oxygen atoms in total. The van der Waals surface area contributed by atoms with E-state index in [0.29, 0.717) is 54.8 Å². The lowest BCUT2D eigenvalue weighted by Crippen LogP contribution is -2.49. The number of ether oxygens (including phenoxy) is 1. The zero-order chi connectivity index (χ0) is 20.2. The average molecular weight is 419 g/mol. The lowest BCUT2D eigenvalue weighted by molar-refractivity contribution is -0.108. The molecule has 4 heterocycles. The molecule has 1 atom stereocenters. The minimum Gasteiger partial charge on any atom is -0.378 e. The molecule has 29 heavy (non-hydrogen) atoms. The first-order chi connectivity index (χ1) is 14.2. The number of hydrogen-bond acceptors (Lipinski definition) is 7. The van der Waals surface area contributed by atoms with Gasteiger partial charge in [-0.25, -0.2) is 19.3 Å². The first-order valence-electron chi connectivity index (χ1n) is 9.30. The summed E-state index contributed by atoms with van der Waals surface area (Å²) in [6.07, 6.45) is 5.77. The Hall–Kier alpha value is -2.62. The molecule has 0 radical (unpaired) electrons. The van der Waals surface area contributed by atoms with E-state index < -0.39 is 5.82 Å². The average Bonchev–Trinajstić information content (AvgIpc) is 3.15. The van der Waals surface area contributed by atoms with Crippen molar-refractivity contribution in [3.63, 3.8) is 0 Å². The summed E-state index contributed by atoms with van der Waals surface area (Å²) in [5, 5.41) is 4.31. The number of aldehydes is 1. The Bertz CT molecular complexity index is 1010. The zero-order valence-corrected chi connectivity index (χ0v) is 16.3. The number of morpholine rings is 1. The van der Waals surface area contributed by atoms with E-state index in [1.807, 2.05) is 0 Å². The van der Waals surface area contributed by atoms with Crippen molar-refractivity contribution in [1.29, 1.82) is 0 Å². The SMILES string of the molecule is O=CCCN1CCOCC1CNc1nc(-c2c[nH]c3ncc(Cl)cc23)ncc1F. The van der Waals surface area contributed by atoms with E-state index in [2.05, 4.69) is 30.2 Å². The van der Waals surface area contributed by atoms with Gasteiger partial charge in [0, 0.05) is 49.4 Å². The van der Waals surface area contributed by atoms with Gasteiger partial charge in [-0.3, -0.25) is 4.90 Å². The number of nitrogens with zero attached hydrogens (tertiary/aromatic N) is 4. The summed E-state index contributed by atoms with van der Waals surface area (Å²) < 4.78 is 19.9. The largest absolute Gasteiger partial charge is 0.378 e. The second-order valence-corrected chi connectivity index (χ2v) is 7.18. The number of hydrogen-bond donors (Lipinski definition) is 2. The number of halogens is 2. The molecule has 4 rings (SSSR count). The molecule has 3 aromatic heterocycles. The summed E-state index contributed by atoms with van der Waals surface area (Å²) in [5.41, 5.74) is 1.34. The number of aromatic amines is 1. The Labute approximate surface area is 171 Å². The molecule has 0 bridgehead atoms. The minimum absolute atomic E-state index is 0.0256. The number of nitrogens with one attached hydrogen (secondary N) is 2. The summed E-state index contributed by atoms with van der Waals surface area (Å²) in [5.74, 6) is -0.0666. The molecule has 1 unspecified atom stereocenters. The van der Waals surface area contributed by atoms with E-state index in [-0.39, 0.29) is 11.9 Å². The van der Waals surface area contributed by atoms with Gasteiger partial charge >= 0.3 is 0 Å². The van der Waals surface area contributed by atoms with Crippen molar-refractivity contribution in [2.45, 2.75) is 12.5 Å². The number of anilines is 1. The number of rotatable bonds is 7. The highest BCUT2D eigenvalue weighted by molar-refractivity contribution is 6.31. The molecule has 0 aromatic carbocycles. The second kappa shape index (κ2) is 8.81. The normalized spacial score (nSPS) is 17.5. The molecule has 0 saturated carbocycles. The van der Waals surface area contributed by atoms with Gasteiger partial charge in [0.25, 0.3) is 0 Å². The molecule has 2 N–H and O–H groups in total. The van der Waals surface area contributed by atoms with Crippen LogP contribution in [0.1, 0.15) is 6.42 Å². The summed E-state index contributed by atoms with van der Waals surface area (Å²) in [7, 11) is 0. The van der Waals surface area contributed by atoms with Crippen LogP contribution in [0.5, 0.6) is 0 Å².